The third-order valence-electron chi connectivity index (χ3n) is 5.87. The van der Waals surface area contributed by atoms with E-state index in [2.05, 4.69) is 30.5 Å². The number of nitrogens with one attached hydrogen (secondary N) is 1. The van der Waals surface area contributed by atoms with Crippen LogP contribution in [0.15, 0.2) is 53.5 Å². The van der Waals surface area contributed by atoms with Gasteiger partial charge in [0.15, 0.2) is 0 Å². The van der Waals surface area contributed by atoms with E-state index in [9.17, 15) is 13.6 Å². The van der Waals surface area contributed by atoms with Crippen molar-refractivity contribution in [3.8, 4) is 28.7 Å². The molecule has 0 bridgehead atoms. The van der Waals surface area contributed by atoms with E-state index in [1.807, 2.05) is 18.2 Å². The maximum Gasteiger partial charge on any atom is 0.257 e. The summed E-state index contributed by atoms with van der Waals surface area (Å²) in [5, 5.41) is 19.8. The van der Waals surface area contributed by atoms with E-state index in [0.29, 0.717) is 41.4 Å². The lowest BCUT2D eigenvalue weighted by Crippen LogP contribution is -2.24. The van der Waals surface area contributed by atoms with Crippen LogP contribution in [0.25, 0.3) is 22.8 Å². The number of hydrogen-bond acceptors (Lipinski definition) is 10. The molecule has 204 valence electrons. The molecule has 4 aromatic rings. The summed E-state index contributed by atoms with van der Waals surface area (Å²) in [5.74, 6) is 0.372. The molecule has 5 heterocycles. The Morgan fingerprint density at radius 3 is 2.51 bits per heavy atom. The van der Waals surface area contributed by atoms with E-state index in [1.165, 1.54) is 17.4 Å². The summed E-state index contributed by atoms with van der Waals surface area (Å²) in [4.78, 5) is 25.4. The van der Waals surface area contributed by atoms with Crippen molar-refractivity contribution < 1.29 is 27.9 Å². The number of carbonyl (C=O) groups is 1. The Labute approximate surface area is 221 Å². The van der Waals surface area contributed by atoms with Gasteiger partial charge in [-0.1, -0.05) is 11.2 Å². The fourth-order valence-electron chi connectivity index (χ4n) is 3.71. The van der Waals surface area contributed by atoms with Crippen LogP contribution in [-0.4, -0.2) is 78.0 Å². The van der Waals surface area contributed by atoms with E-state index in [4.69, 9.17) is 14.4 Å². The largest absolute Gasteiger partial charge is 0.472 e. The van der Waals surface area contributed by atoms with Gasteiger partial charge in [-0.05, 0) is 37.5 Å². The summed E-state index contributed by atoms with van der Waals surface area (Å²) in [6.45, 7) is 0.169. The first kappa shape index (κ1) is 26.2. The molecule has 1 aliphatic heterocycles. The highest BCUT2D eigenvalue weighted by Gasteiger charge is 2.27. The third-order valence-corrected chi connectivity index (χ3v) is 5.87. The number of aliphatic hydroxyl groups excluding tert-OH is 1. The molecule has 0 radical (unpaired) electrons. The number of anilines is 2. The van der Waals surface area contributed by atoms with Gasteiger partial charge in [-0.25, -0.2) is 23.7 Å². The van der Waals surface area contributed by atoms with Crippen molar-refractivity contribution >= 4 is 17.5 Å². The Bertz CT molecular complexity index is 1400. The number of nitrogens with zero attached hydrogens (tertiary/aromatic N) is 7. The van der Waals surface area contributed by atoms with E-state index < -0.39 is 19.1 Å². The van der Waals surface area contributed by atoms with Crippen LogP contribution in [-0.2, 0) is 11.3 Å². The van der Waals surface area contributed by atoms with Crippen molar-refractivity contribution in [1.82, 2.24) is 34.8 Å². The highest BCUT2D eigenvalue weighted by Crippen LogP contribution is 2.32. The molecular weight excluding hydrogens is 514 g/mol. The van der Waals surface area contributed by atoms with Gasteiger partial charge in [0.1, 0.15) is 36.4 Å². The molecule has 1 saturated heterocycles. The van der Waals surface area contributed by atoms with Crippen molar-refractivity contribution in [2.75, 3.05) is 18.9 Å². The lowest BCUT2D eigenvalue weighted by Gasteiger charge is -2.07. The van der Waals surface area contributed by atoms with Gasteiger partial charge in [0.05, 0.1) is 23.3 Å². The molecule has 1 amide bonds. The Morgan fingerprint density at radius 2 is 1.90 bits per heavy atom. The summed E-state index contributed by atoms with van der Waals surface area (Å²) in [6, 6.07) is 8.93. The van der Waals surface area contributed by atoms with E-state index in [0.717, 1.165) is 17.5 Å². The minimum absolute atomic E-state index is 0.0613. The number of hydrogen-bond donors (Lipinski definition) is 2. The first-order valence-electron chi connectivity index (χ1n) is 12.3. The Balaban J connectivity index is 0.000000332. The first-order valence-corrected chi connectivity index (χ1v) is 12.3. The number of ether oxygens (including phenoxy) is 1. The van der Waals surface area contributed by atoms with Gasteiger partial charge in [0.2, 0.25) is 5.95 Å². The molecule has 1 aliphatic carbocycles. The molecule has 2 aliphatic rings. The van der Waals surface area contributed by atoms with Gasteiger partial charge >= 0.3 is 0 Å². The van der Waals surface area contributed by atoms with Crippen LogP contribution in [0, 0.1) is 0 Å². The topological polar surface area (TPSA) is 144 Å². The Kier molecular flexibility index (Phi) is 7.72. The summed E-state index contributed by atoms with van der Waals surface area (Å²) in [5.41, 5.74) is 2.88. The van der Waals surface area contributed by atoms with Crippen molar-refractivity contribution in [3.63, 3.8) is 0 Å². The van der Waals surface area contributed by atoms with Gasteiger partial charge in [-0.2, -0.15) is 0 Å². The molecule has 2 N–H and O–H groups in total. The number of likely N-dealkylation sites (N-methyl/N-ethyl adjacent to an activating group) is 1. The number of pyridine rings is 1. The fourth-order valence-corrected chi connectivity index (χ4v) is 3.71. The van der Waals surface area contributed by atoms with E-state index in [-0.39, 0.29) is 23.8 Å². The number of amides is 1. The number of aliphatic hydroxyl groups is 1. The van der Waals surface area contributed by atoms with Gasteiger partial charge in [0, 0.05) is 25.9 Å². The third kappa shape index (κ3) is 6.71. The molecule has 1 unspecified atom stereocenters. The number of likely N-dealkylation sites (tertiary alicyclic amines) is 1. The molecule has 1 saturated carbocycles. The SMILES string of the molecule is CN1CCC(O)C1=O.FC(F)Cn1cc(Nc2nccc(-c3cccc(-c4ccon4)n3)n2)c(OC2CC2)n1. The fraction of sp³-hybridized carbons (Fsp3) is 0.360. The molecule has 0 aromatic carbocycles. The summed E-state index contributed by atoms with van der Waals surface area (Å²) in [6.07, 6.45) is 3.77. The normalized spacial score (nSPS) is 16.8. The van der Waals surface area contributed by atoms with Gasteiger partial charge in [-0.3, -0.25) is 9.48 Å². The van der Waals surface area contributed by atoms with Crippen molar-refractivity contribution in [3.05, 3.63) is 49.0 Å². The van der Waals surface area contributed by atoms with Crippen molar-refractivity contribution in [1.29, 1.82) is 0 Å². The summed E-state index contributed by atoms with van der Waals surface area (Å²) < 4.78 is 37.3. The van der Waals surface area contributed by atoms with E-state index >= 15 is 0 Å². The Hall–Kier alpha value is -4.46. The average molecular weight is 541 g/mol. The second-order valence-corrected chi connectivity index (χ2v) is 9.03. The zero-order valence-corrected chi connectivity index (χ0v) is 20.9. The number of carbonyl (C=O) groups excluding carboxylic acids is 1. The average Bonchev–Trinajstić information content (AvgIpc) is 3.28. The molecule has 4 aromatic heterocycles. The minimum atomic E-state index is -2.52. The molecule has 1 atom stereocenters. The maximum absolute atomic E-state index is 12.8. The molecule has 14 heteroatoms. The highest BCUT2D eigenvalue weighted by molar-refractivity contribution is 5.82. The molecule has 12 nitrogen and oxygen atoms in total. The summed E-state index contributed by atoms with van der Waals surface area (Å²) in [7, 11) is 1.69. The quantitative estimate of drug-likeness (QED) is 0.342. The smallest absolute Gasteiger partial charge is 0.257 e. The first-order chi connectivity index (χ1) is 18.9. The highest BCUT2D eigenvalue weighted by atomic mass is 19.3. The second kappa shape index (κ2) is 11.5. The predicted molar refractivity (Wildman–Crippen MR) is 134 cm³/mol. The molecule has 0 spiro atoms. The van der Waals surface area contributed by atoms with Crippen molar-refractivity contribution in [2.45, 2.75) is 44.4 Å². The van der Waals surface area contributed by atoms with E-state index in [1.54, 1.807) is 25.4 Å². The minimum Gasteiger partial charge on any atom is -0.472 e. The lowest BCUT2D eigenvalue weighted by molar-refractivity contribution is -0.133. The van der Waals surface area contributed by atoms with Crippen LogP contribution in [0.5, 0.6) is 5.88 Å². The molecule has 39 heavy (non-hydrogen) atoms. The van der Waals surface area contributed by atoms with Crippen LogP contribution in [0.4, 0.5) is 20.4 Å². The standard InChI is InChI=1S/C20H17F2N7O2.C5H9NO2/c21-18(22)11-29-10-17(19(27-29)31-12-4-5-12)26-20-23-8-6-15(25-20)13-2-1-3-14(24-13)16-7-9-30-28-16;1-6-3-2-4(7)5(6)8/h1-3,6-10,12,18H,4-5,11H2,(H,23,25,26);4,7H,2-3H2,1H3. The van der Waals surface area contributed by atoms with Crippen LogP contribution in [0.2, 0.25) is 0 Å². The molecular formula is C25H26F2N8O4. The van der Waals surface area contributed by atoms with Crippen molar-refractivity contribution in [2.24, 2.45) is 0 Å². The van der Waals surface area contributed by atoms with Crippen LogP contribution >= 0.6 is 0 Å². The number of halogens is 2. The second-order valence-electron chi connectivity index (χ2n) is 9.03. The summed E-state index contributed by atoms with van der Waals surface area (Å²) >= 11 is 0. The molecule has 2 fully saturated rings. The lowest BCUT2D eigenvalue weighted by atomic mass is 10.2. The maximum atomic E-state index is 12.8. The van der Waals surface area contributed by atoms with Gasteiger partial charge in [0.25, 0.3) is 18.2 Å². The van der Waals surface area contributed by atoms with Gasteiger partial charge in [-0.15, -0.1) is 5.10 Å². The number of aromatic nitrogens is 6. The predicted octanol–water partition coefficient (Wildman–Crippen LogP) is 3.15. The molecule has 6 rings (SSSR count). The van der Waals surface area contributed by atoms with Crippen LogP contribution in [0.1, 0.15) is 19.3 Å². The number of alkyl halides is 2. The van der Waals surface area contributed by atoms with Crippen LogP contribution < -0.4 is 10.1 Å². The number of rotatable bonds is 8. The zero-order valence-electron chi connectivity index (χ0n) is 20.9. The monoisotopic (exact) mass is 540 g/mol. The zero-order chi connectivity index (χ0) is 27.4. The van der Waals surface area contributed by atoms with Gasteiger partial charge < -0.3 is 24.6 Å². The van der Waals surface area contributed by atoms with Crippen LogP contribution in [0.3, 0.4) is 0 Å². The Morgan fingerprint density at radius 1 is 1.13 bits per heavy atom.